The van der Waals surface area contributed by atoms with Gasteiger partial charge in [0, 0.05) is 0 Å². The lowest BCUT2D eigenvalue weighted by Crippen LogP contribution is -2.27. The number of fused-ring (bicyclic) bond motifs is 1. The smallest absolute Gasteiger partial charge is 0.343 e. The lowest BCUT2D eigenvalue weighted by atomic mass is 9.92. The average Bonchev–Trinajstić information content (AvgIpc) is 2.63. The van der Waals surface area contributed by atoms with E-state index in [4.69, 9.17) is 9.84 Å². The SMILES string of the molecule is CC1=CC2(C(=O)O)OC2C(C)=C1. The third kappa shape index (κ3) is 0.770. The number of carboxylic acids is 1. The van der Waals surface area contributed by atoms with Gasteiger partial charge < -0.3 is 9.84 Å². The second-order valence-corrected chi connectivity index (χ2v) is 3.37. The second-order valence-electron chi connectivity index (χ2n) is 3.37. The minimum Gasteiger partial charge on any atom is -0.479 e. The van der Waals surface area contributed by atoms with Crippen molar-refractivity contribution in [2.45, 2.75) is 25.6 Å². The van der Waals surface area contributed by atoms with E-state index in [1.165, 1.54) is 0 Å². The molecule has 64 valence electrons. The number of aliphatic carboxylic acids is 1. The monoisotopic (exact) mass is 166 g/mol. The minimum atomic E-state index is -1.02. The Morgan fingerprint density at radius 2 is 2.33 bits per heavy atom. The van der Waals surface area contributed by atoms with Crippen LogP contribution in [-0.4, -0.2) is 22.8 Å². The van der Waals surface area contributed by atoms with Gasteiger partial charge in [0.15, 0.2) is 0 Å². The molecule has 3 nitrogen and oxygen atoms in total. The molecule has 0 amide bonds. The molecule has 0 saturated carbocycles. The summed E-state index contributed by atoms with van der Waals surface area (Å²) in [6.07, 6.45) is 3.41. The van der Waals surface area contributed by atoms with Gasteiger partial charge in [-0.1, -0.05) is 11.6 Å². The predicted molar refractivity (Wildman–Crippen MR) is 42.8 cm³/mol. The Kier molecular flexibility index (Phi) is 1.25. The second kappa shape index (κ2) is 1.98. The van der Waals surface area contributed by atoms with E-state index in [1.807, 2.05) is 19.9 Å². The highest BCUT2D eigenvalue weighted by molar-refractivity contribution is 5.86. The number of hydrogen-bond acceptors (Lipinski definition) is 2. The fourth-order valence-corrected chi connectivity index (χ4v) is 1.74. The van der Waals surface area contributed by atoms with E-state index in [-0.39, 0.29) is 6.10 Å². The van der Waals surface area contributed by atoms with Gasteiger partial charge in [-0.05, 0) is 25.5 Å². The normalized spacial score (nSPS) is 38.0. The molecular weight excluding hydrogens is 156 g/mol. The summed E-state index contributed by atoms with van der Waals surface area (Å²) in [6.45, 7) is 3.78. The van der Waals surface area contributed by atoms with Crippen molar-refractivity contribution >= 4 is 5.97 Å². The van der Waals surface area contributed by atoms with Gasteiger partial charge in [-0.2, -0.15) is 0 Å². The van der Waals surface area contributed by atoms with Crippen LogP contribution in [0.4, 0.5) is 0 Å². The Hall–Kier alpha value is -1.09. The highest BCUT2D eigenvalue weighted by Gasteiger charge is 2.63. The Labute approximate surface area is 70.3 Å². The van der Waals surface area contributed by atoms with E-state index in [0.29, 0.717) is 0 Å². The molecular formula is C9H10O3. The summed E-state index contributed by atoms with van der Waals surface area (Å²) >= 11 is 0. The van der Waals surface area contributed by atoms with Crippen molar-refractivity contribution in [1.82, 2.24) is 0 Å². The van der Waals surface area contributed by atoms with E-state index in [2.05, 4.69) is 0 Å². The van der Waals surface area contributed by atoms with Gasteiger partial charge in [0.25, 0.3) is 0 Å². The standard InChI is InChI=1S/C9H10O3/c1-5-3-6(2)7-9(4-5,12-7)8(10)11/h3-4,7H,1-2H3,(H,10,11). The molecule has 1 N–H and O–H groups in total. The van der Waals surface area contributed by atoms with E-state index >= 15 is 0 Å². The van der Waals surface area contributed by atoms with Crippen LogP contribution in [0.5, 0.6) is 0 Å². The fraction of sp³-hybridized carbons (Fsp3) is 0.444. The van der Waals surface area contributed by atoms with Crippen LogP contribution in [0.15, 0.2) is 23.3 Å². The van der Waals surface area contributed by atoms with Crippen molar-refractivity contribution < 1.29 is 14.6 Å². The summed E-state index contributed by atoms with van der Waals surface area (Å²) in [5.41, 5.74) is 0.934. The van der Waals surface area contributed by atoms with Crippen LogP contribution in [0, 0.1) is 0 Å². The fourth-order valence-electron chi connectivity index (χ4n) is 1.74. The third-order valence-corrected chi connectivity index (χ3v) is 2.29. The van der Waals surface area contributed by atoms with Crippen LogP contribution >= 0.6 is 0 Å². The number of hydrogen-bond donors (Lipinski definition) is 1. The molecule has 1 saturated heterocycles. The van der Waals surface area contributed by atoms with Crippen molar-refractivity contribution in [3.05, 3.63) is 23.3 Å². The van der Waals surface area contributed by atoms with Gasteiger partial charge in [-0.15, -0.1) is 0 Å². The molecule has 0 aromatic carbocycles. The largest absolute Gasteiger partial charge is 0.479 e. The molecule has 0 aromatic rings. The Morgan fingerprint density at radius 1 is 1.67 bits per heavy atom. The van der Waals surface area contributed by atoms with Crippen molar-refractivity contribution in [3.8, 4) is 0 Å². The lowest BCUT2D eigenvalue weighted by Gasteiger charge is -2.08. The molecule has 12 heavy (non-hydrogen) atoms. The van der Waals surface area contributed by atoms with Gasteiger partial charge in [0.2, 0.25) is 5.60 Å². The summed E-state index contributed by atoms with van der Waals surface area (Å²) in [6, 6.07) is 0. The van der Waals surface area contributed by atoms with Gasteiger partial charge >= 0.3 is 5.97 Å². The highest BCUT2D eigenvalue weighted by Crippen LogP contribution is 2.46. The maximum atomic E-state index is 10.8. The van der Waals surface area contributed by atoms with Crippen LogP contribution in [0.1, 0.15) is 13.8 Å². The Morgan fingerprint density at radius 3 is 2.92 bits per heavy atom. The van der Waals surface area contributed by atoms with Crippen LogP contribution in [-0.2, 0) is 9.53 Å². The van der Waals surface area contributed by atoms with Gasteiger partial charge in [0.1, 0.15) is 6.10 Å². The predicted octanol–water partition coefficient (Wildman–Crippen LogP) is 1.11. The molecule has 1 aliphatic carbocycles. The summed E-state index contributed by atoms with van der Waals surface area (Å²) < 4.78 is 5.17. The van der Waals surface area contributed by atoms with Crippen LogP contribution in [0.2, 0.25) is 0 Å². The Bertz CT molecular complexity index is 314. The number of epoxide rings is 1. The molecule has 3 heteroatoms. The molecule has 2 aliphatic rings. The maximum Gasteiger partial charge on any atom is 0.343 e. The first-order valence-corrected chi connectivity index (χ1v) is 3.85. The first kappa shape index (κ1) is 7.55. The summed E-state index contributed by atoms with van der Waals surface area (Å²) in [7, 11) is 0. The maximum absolute atomic E-state index is 10.8. The number of carboxylic acid groups (broad SMARTS) is 1. The molecule has 2 atom stereocenters. The molecule has 0 aromatic heterocycles. The molecule has 1 heterocycles. The number of carbonyl (C=O) groups is 1. The summed E-state index contributed by atoms with van der Waals surface area (Å²) in [5.74, 6) is -0.890. The lowest BCUT2D eigenvalue weighted by molar-refractivity contribution is -0.141. The van der Waals surface area contributed by atoms with Crippen LogP contribution in [0.3, 0.4) is 0 Å². The molecule has 1 fully saturated rings. The van der Waals surface area contributed by atoms with E-state index in [0.717, 1.165) is 11.1 Å². The molecule has 0 spiro atoms. The zero-order chi connectivity index (χ0) is 8.93. The third-order valence-electron chi connectivity index (χ3n) is 2.29. The quantitative estimate of drug-likeness (QED) is 0.594. The van der Waals surface area contributed by atoms with Crippen molar-refractivity contribution in [1.29, 1.82) is 0 Å². The molecule has 2 unspecified atom stereocenters. The minimum absolute atomic E-state index is 0.223. The van der Waals surface area contributed by atoms with Crippen molar-refractivity contribution in [2.75, 3.05) is 0 Å². The van der Waals surface area contributed by atoms with Gasteiger partial charge in [0.05, 0.1) is 0 Å². The zero-order valence-electron chi connectivity index (χ0n) is 7.00. The first-order chi connectivity index (χ1) is 5.56. The van der Waals surface area contributed by atoms with Crippen molar-refractivity contribution in [3.63, 3.8) is 0 Å². The van der Waals surface area contributed by atoms with Gasteiger partial charge in [-0.3, -0.25) is 0 Å². The summed E-state index contributed by atoms with van der Waals surface area (Å²) in [4.78, 5) is 10.8. The molecule has 0 radical (unpaired) electrons. The molecule has 1 aliphatic heterocycles. The van der Waals surface area contributed by atoms with E-state index < -0.39 is 11.6 Å². The summed E-state index contributed by atoms with van der Waals surface area (Å²) in [5, 5.41) is 8.88. The zero-order valence-corrected chi connectivity index (χ0v) is 7.00. The highest BCUT2D eigenvalue weighted by atomic mass is 16.6. The topological polar surface area (TPSA) is 49.8 Å². The average molecular weight is 166 g/mol. The van der Waals surface area contributed by atoms with Gasteiger partial charge in [-0.25, -0.2) is 4.79 Å². The molecule has 2 rings (SSSR count). The number of rotatable bonds is 1. The van der Waals surface area contributed by atoms with E-state index in [9.17, 15) is 4.79 Å². The van der Waals surface area contributed by atoms with Crippen LogP contribution in [0.25, 0.3) is 0 Å². The Balaban J connectivity index is 2.40. The van der Waals surface area contributed by atoms with Crippen LogP contribution < -0.4 is 0 Å². The number of allylic oxidation sites excluding steroid dienone is 2. The molecule has 0 bridgehead atoms. The van der Waals surface area contributed by atoms with E-state index in [1.54, 1.807) is 6.08 Å². The van der Waals surface area contributed by atoms with Crippen molar-refractivity contribution in [2.24, 2.45) is 0 Å². The number of ether oxygens (including phenoxy) is 1. The first-order valence-electron chi connectivity index (χ1n) is 3.85.